The van der Waals surface area contributed by atoms with Crippen molar-refractivity contribution < 1.29 is 0 Å². The summed E-state index contributed by atoms with van der Waals surface area (Å²) in [6, 6.07) is 9.96. The zero-order valence-corrected chi connectivity index (χ0v) is 15.0. The lowest BCUT2D eigenvalue weighted by Gasteiger charge is -2.14. The van der Waals surface area contributed by atoms with E-state index in [0.717, 1.165) is 42.3 Å². The summed E-state index contributed by atoms with van der Waals surface area (Å²) in [5.74, 6) is 0.834. The second-order valence-corrected chi connectivity index (χ2v) is 7.51. The van der Waals surface area contributed by atoms with Gasteiger partial charge in [-0.1, -0.05) is 46.9 Å². The summed E-state index contributed by atoms with van der Waals surface area (Å²) in [7, 11) is 0. The first kappa shape index (κ1) is 16.5. The highest BCUT2D eigenvalue weighted by Crippen LogP contribution is 2.36. The van der Waals surface area contributed by atoms with Crippen LogP contribution in [0, 0.1) is 0 Å². The van der Waals surface area contributed by atoms with E-state index in [1.165, 1.54) is 16.0 Å². The second-order valence-electron chi connectivity index (χ2n) is 5.30. The van der Waals surface area contributed by atoms with E-state index in [2.05, 4.69) is 11.4 Å². The Labute approximate surface area is 150 Å². The molecule has 0 saturated carbocycles. The van der Waals surface area contributed by atoms with Gasteiger partial charge in [0.2, 0.25) is 0 Å². The van der Waals surface area contributed by atoms with E-state index in [1.807, 2.05) is 24.3 Å². The van der Waals surface area contributed by atoms with Gasteiger partial charge in [0.25, 0.3) is 0 Å². The highest BCUT2D eigenvalue weighted by molar-refractivity contribution is 7.98. The van der Waals surface area contributed by atoms with Crippen LogP contribution in [-0.4, -0.2) is 13.1 Å². The van der Waals surface area contributed by atoms with Crippen LogP contribution in [0.2, 0.25) is 15.1 Å². The van der Waals surface area contributed by atoms with Crippen LogP contribution in [-0.2, 0) is 18.6 Å². The number of halogens is 3. The Morgan fingerprint density at radius 3 is 2.50 bits per heavy atom. The first-order chi connectivity index (χ1) is 10.6. The SMILES string of the molecule is Clc1ccc(CSc2c(Cl)ccc3c2CCNCC3)cc1Cl. The molecule has 0 bridgehead atoms. The summed E-state index contributed by atoms with van der Waals surface area (Å²) in [5.41, 5.74) is 3.95. The summed E-state index contributed by atoms with van der Waals surface area (Å²) in [6.45, 7) is 2.04. The van der Waals surface area contributed by atoms with Gasteiger partial charge in [0.15, 0.2) is 0 Å². The maximum atomic E-state index is 6.45. The lowest BCUT2D eigenvalue weighted by Crippen LogP contribution is -2.16. The lowest BCUT2D eigenvalue weighted by molar-refractivity contribution is 0.709. The third kappa shape index (κ3) is 3.74. The zero-order chi connectivity index (χ0) is 15.5. The van der Waals surface area contributed by atoms with Crippen LogP contribution in [0.3, 0.4) is 0 Å². The van der Waals surface area contributed by atoms with Crippen LogP contribution in [0.15, 0.2) is 35.2 Å². The fourth-order valence-electron chi connectivity index (χ4n) is 2.65. The van der Waals surface area contributed by atoms with Crippen LogP contribution in [0.25, 0.3) is 0 Å². The van der Waals surface area contributed by atoms with Crippen molar-refractivity contribution in [3.63, 3.8) is 0 Å². The van der Waals surface area contributed by atoms with Crippen LogP contribution < -0.4 is 5.32 Å². The predicted octanol–water partition coefficient (Wildman–Crippen LogP) is 5.63. The molecule has 2 aromatic carbocycles. The van der Waals surface area contributed by atoms with E-state index in [1.54, 1.807) is 11.8 Å². The fourth-order valence-corrected chi connectivity index (χ4v) is 4.42. The Kier molecular flexibility index (Phi) is 5.59. The van der Waals surface area contributed by atoms with Gasteiger partial charge in [-0.15, -0.1) is 11.8 Å². The van der Waals surface area contributed by atoms with Gasteiger partial charge in [0.1, 0.15) is 0 Å². The third-order valence-corrected chi connectivity index (χ3v) is 6.20. The highest BCUT2D eigenvalue weighted by Gasteiger charge is 2.15. The summed E-state index contributed by atoms with van der Waals surface area (Å²) in [4.78, 5) is 1.20. The second kappa shape index (κ2) is 7.46. The van der Waals surface area contributed by atoms with Gasteiger partial charge in [-0.05, 0) is 60.8 Å². The van der Waals surface area contributed by atoms with Crippen molar-refractivity contribution in [1.29, 1.82) is 0 Å². The van der Waals surface area contributed by atoms with Gasteiger partial charge in [-0.25, -0.2) is 0 Å². The fraction of sp³-hybridized carbons (Fsp3) is 0.294. The molecule has 0 unspecified atom stereocenters. The van der Waals surface area contributed by atoms with Gasteiger partial charge in [-0.2, -0.15) is 0 Å². The minimum absolute atomic E-state index is 0.591. The summed E-state index contributed by atoms with van der Waals surface area (Å²) >= 11 is 20.3. The molecule has 0 saturated heterocycles. The molecule has 0 radical (unpaired) electrons. The van der Waals surface area contributed by atoms with Crippen molar-refractivity contribution in [2.24, 2.45) is 0 Å². The molecule has 22 heavy (non-hydrogen) atoms. The molecule has 0 aliphatic carbocycles. The minimum Gasteiger partial charge on any atom is -0.316 e. The molecular weight excluding hydrogens is 357 g/mol. The Morgan fingerprint density at radius 2 is 1.68 bits per heavy atom. The number of thioether (sulfide) groups is 1. The van der Waals surface area contributed by atoms with E-state index >= 15 is 0 Å². The maximum absolute atomic E-state index is 6.45. The maximum Gasteiger partial charge on any atom is 0.0595 e. The Bertz CT molecular complexity index is 688. The largest absolute Gasteiger partial charge is 0.316 e. The van der Waals surface area contributed by atoms with Crippen molar-refractivity contribution in [3.05, 3.63) is 62.1 Å². The van der Waals surface area contributed by atoms with Crippen LogP contribution in [0.1, 0.15) is 16.7 Å². The predicted molar refractivity (Wildman–Crippen MR) is 97.8 cm³/mol. The normalized spacial score (nSPS) is 14.5. The molecular formula is C17H16Cl3NS. The molecule has 0 aromatic heterocycles. The molecule has 0 atom stereocenters. The molecule has 116 valence electrons. The highest BCUT2D eigenvalue weighted by atomic mass is 35.5. The van der Waals surface area contributed by atoms with Crippen LogP contribution in [0.4, 0.5) is 0 Å². The molecule has 0 amide bonds. The first-order valence-electron chi connectivity index (χ1n) is 7.23. The summed E-state index contributed by atoms with van der Waals surface area (Å²) < 4.78 is 0. The van der Waals surface area contributed by atoms with Gasteiger partial charge in [0, 0.05) is 10.6 Å². The number of hydrogen-bond donors (Lipinski definition) is 1. The minimum atomic E-state index is 0.591. The van der Waals surface area contributed by atoms with Gasteiger partial charge >= 0.3 is 0 Å². The smallest absolute Gasteiger partial charge is 0.0595 e. The molecule has 1 aliphatic rings. The molecule has 3 rings (SSSR count). The average Bonchev–Trinajstić information content (AvgIpc) is 2.75. The topological polar surface area (TPSA) is 12.0 Å². The van der Waals surface area contributed by atoms with E-state index in [0.29, 0.717) is 10.0 Å². The van der Waals surface area contributed by atoms with Crippen molar-refractivity contribution in [3.8, 4) is 0 Å². The monoisotopic (exact) mass is 371 g/mol. The molecule has 2 aromatic rings. The summed E-state index contributed by atoms with van der Waals surface area (Å²) in [5, 5.41) is 5.47. The lowest BCUT2D eigenvalue weighted by atomic mass is 10.0. The van der Waals surface area contributed by atoms with Crippen molar-refractivity contribution in [2.45, 2.75) is 23.5 Å². The third-order valence-electron chi connectivity index (χ3n) is 3.80. The number of benzene rings is 2. The average molecular weight is 373 g/mol. The molecule has 1 N–H and O–H groups in total. The van der Waals surface area contributed by atoms with Gasteiger partial charge in [0.05, 0.1) is 15.1 Å². The standard InChI is InChI=1S/C17H16Cl3NS/c18-14-3-1-11(9-16(14)20)10-22-17-13-6-8-21-7-5-12(13)2-4-15(17)19/h1-4,9,21H,5-8,10H2. The molecule has 0 spiro atoms. The van der Waals surface area contributed by atoms with Crippen molar-refractivity contribution >= 4 is 46.6 Å². The molecule has 1 heterocycles. The number of hydrogen-bond acceptors (Lipinski definition) is 2. The van der Waals surface area contributed by atoms with Crippen LogP contribution >= 0.6 is 46.6 Å². The van der Waals surface area contributed by atoms with E-state index in [9.17, 15) is 0 Å². The molecule has 1 aliphatic heterocycles. The summed E-state index contributed by atoms with van der Waals surface area (Å²) in [6.07, 6.45) is 2.09. The van der Waals surface area contributed by atoms with E-state index in [4.69, 9.17) is 34.8 Å². The quantitative estimate of drug-likeness (QED) is 0.701. The molecule has 1 nitrogen and oxygen atoms in total. The van der Waals surface area contributed by atoms with E-state index in [-0.39, 0.29) is 0 Å². The Balaban J connectivity index is 1.84. The van der Waals surface area contributed by atoms with Crippen LogP contribution in [0.5, 0.6) is 0 Å². The Hall–Kier alpha value is -0.380. The molecule has 0 fully saturated rings. The number of rotatable bonds is 3. The zero-order valence-electron chi connectivity index (χ0n) is 12.0. The number of nitrogens with one attached hydrogen (secondary N) is 1. The molecule has 5 heteroatoms. The van der Waals surface area contributed by atoms with Gasteiger partial charge < -0.3 is 5.32 Å². The first-order valence-corrected chi connectivity index (χ1v) is 9.35. The van der Waals surface area contributed by atoms with E-state index < -0.39 is 0 Å². The van der Waals surface area contributed by atoms with Crippen molar-refractivity contribution in [1.82, 2.24) is 5.32 Å². The van der Waals surface area contributed by atoms with Crippen molar-refractivity contribution in [2.75, 3.05) is 13.1 Å². The number of fused-ring (bicyclic) bond motifs is 1. The van der Waals surface area contributed by atoms with Gasteiger partial charge in [-0.3, -0.25) is 0 Å². The Morgan fingerprint density at radius 1 is 0.909 bits per heavy atom.